The van der Waals surface area contributed by atoms with Gasteiger partial charge in [-0.1, -0.05) is 102 Å². The summed E-state index contributed by atoms with van der Waals surface area (Å²) in [5, 5.41) is 17.9. The van der Waals surface area contributed by atoms with Gasteiger partial charge >= 0.3 is 7.12 Å². The molecule has 0 aliphatic rings. The van der Waals surface area contributed by atoms with Gasteiger partial charge in [-0.2, -0.15) is 0 Å². The second-order valence-electron chi connectivity index (χ2n) is 10.4. The van der Waals surface area contributed by atoms with Gasteiger partial charge in [0, 0.05) is 11.6 Å². The van der Waals surface area contributed by atoms with Crippen molar-refractivity contribution in [1.82, 2.24) is 0 Å². The van der Waals surface area contributed by atoms with Crippen molar-refractivity contribution >= 4 is 12.6 Å². The lowest BCUT2D eigenvalue weighted by Gasteiger charge is -2.08. The lowest BCUT2D eigenvalue weighted by Crippen LogP contribution is -2.29. The Morgan fingerprint density at radius 2 is 1.05 bits per heavy atom. The van der Waals surface area contributed by atoms with Crippen LogP contribution in [0.25, 0.3) is 11.1 Å². The molecule has 0 radical (unpaired) electrons. The van der Waals surface area contributed by atoms with Crippen LogP contribution < -0.4 is 14.9 Å². The Morgan fingerprint density at radius 1 is 0.595 bits per heavy atom. The van der Waals surface area contributed by atoms with E-state index in [1.807, 2.05) is 0 Å². The van der Waals surface area contributed by atoms with Gasteiger partial charge in [-0.3, -0.25) is 0 Å². The molecule has 0 bridgehead atoms. The van der Waals surface area contributed by atoms with Gasteiger partial charge in [0.25, 0.3) is 0 Å². The smallest absolute Gasteiger partial charge is 0.488 e. The highest BCUT2D eigenvalue weighted by atomic mass is 19.2. The summed E-state index contributed by atoms with van der Waals surface area (Å²) in [6, 6.07) is 15.0. The fraction of sp³-hybridized carbons (Fsp3) is 0.471. The molecule has 0 atom stereocenters. The Bertz CT molecular complexity index is 1120. The van der Waals surface area contributed by atoms with Crippen LogP contribution in [0.2, 0.25) is 0 Å². The Balaban J connectivity index is 0.000000307. The highest BCUT2D eigenvalue weighted by Crippen LogP contribution is 2.27. The quantitative estimate of drug-likeness (QED) is 0.0890. The van der Waals surface area contributed by atoms with E-state index in [9.17, 15) is 13.2 Å². The maximum absolute atomic E-state index is 13.8. The van der Waals surface area contributed by atoms with Crippen molar-refractivity contribution in [3.05, 3.63) is 78.1 Å². The fourth-order valence-corrected chi connectivity index (χ4v) is 4.38. The maximum atomic E-state index is 13.8. The molecule has 2 N–H and O–H groups in total. The largest absolute Gasteiger partial charge is 0.494 e. The maximum Gasteiger partial charge on any atom is 0.488 e. The molecule has 0 aromatic heterocycles. The van der Waals surface area contributed by atoms with E-state index in [0.29, 0.717) is 29.4 Å². The van der Waals surface area contributed by atoms with Crippen molar-refractivity contribution < 1.29 is 32.7 Å². The topological polar surface area (TPSA) is 58.9 Å². The molecule has 3 rings (SSSR count). The summed E-state index contributed by atoms with van der Waals surface area (Å²) in [4.78, 5) is 0. The van der Waals surface area contributed by atoms with Crippen molar-refractivity contribution in [3.8, 4) is 22.6 Å². The van der Waals surface area contributed by atoms with Gasteiger partial charge < -0.3 is 19.5 Å². The third-order valence-electron chi connectivity index (χ3n) is 6.87. The molecule has 0 aliphatic heterocycles. The number of halogens is 3. The van der Waals surface area contributed by atoms with Crippen LogP contribution in [0.5, 0.6) is 11.5 Å². The van der Waals surface area contributed by atoms with Crippen molar-refractivity contribution in [2.45, 2.75) is 90.9 Å². The standard InChI is InChI=1S/C20H23F3O.C14H23BO3/c1-2-3-4-5-6-7-12-24-17-10-8-15(9-11-17)18-13-16(21)14-19(22)20(18)23;1-2-3-4-5-6-7-12-18-14-10-8-13(9-11-14)15(16)17/h8-11,13-14H,2-7,12H2,1H3;8-11,16-17H,2-7,12H2,1H3. The van der Waals surface area contributed by atoms with Gasteiger partial charge in [0.05, 0.1) is 13.2 Å². The summed E-state index contributed by atoms with van der Waals surface area (Å²) >= 11 is 0. The number of unbranched alkanes of at least 4 members (excludes halogenated alkanes) is 10. The van der Waals surface area contributed by atoms with Gasteiger partial charge in [-0.05, 0) is 54.2 Å². The van der Waals surface area contributed by atoms with Gasteiger partial charge in [-0.15, -0.1) is 0 Å². The summed E-state index contributed by atoms with van der Waals surface area (Å²) in [5.74, 6) is -1.57. The lowest BCUT2D eigenvalue weighted by molar-refractivity contribution is 0.304. The molecule has 4 nitrogen and oxygen atoms in total. The molecule has 0 heterocycles. The molecule has 8 heteroatoms. The van der Waals surface area contributed by atoms with Crippen molar-refractivity contribution in [1.29, 1.82) is 0 Å². The zero-order valence-corrected chi connectivity index (χ0v) is 25.1. The van der Waals surface area contributed by atoms with E-state index in [1.165, 1.54) is 57.8 Å². The first-order chi connectivity index (χ1) is 20.3. The van der Waals surface area contributed by atoms with Gasteiger partial charge in [0.1, 0.15) is 17.3 Å². The van der Waals surface area contributed by atoms with E-state index in [-0.39, 0.29) is 5.56 Å². The van der Waals surface area contributed by atoms with Crippen LogP contribution >= 0.6 is 0 Å². The number of rotatable bonds is 18. The molecule has 3 aromatic rings. The highest BCUT2D eigenvalue weighted by molar-refractivity contribution is 6.58. The van der Waals surface area contributed by atoms with Crippen LogP contribution in [-0.4, -0.2) is 30.4 Å². The monoisotopic (exact) mass is 586 g/mol. The van der Waals surface area contributed by atoms with Crippen LogP contribution in [0.3, 0.4) is 0 Å². The number of hydrogen-bond donors (Lipinski definition) is 2. The molecule has 42 heavy (non-hydrogen) atoms. The van der Waals surface area contributed by atoms with E-state index in [1.54, 1.807) is 48.5 Å². The van der Waals surface area contributed by atoms with Crippen molar-refractivity contribution in [2.24, 2.45) is 0 Å². The van der Waals surface area contributed by atoms with E-state index in [0.717, 1.165) is 37.7 Å². The molecule has 0 saturated carbocycles. The zero-order valence-electron chi connectivity index (χ0n) is 25.1. The second kappa shape index (κ2) is 20.8. The Labute approximate surface area is 250 Å². The normalized spacial score (nSPS) is 10.6. The van der Waals surface area contributed by atoms with Gasteiger partial charge in [0.2, 0.25) is 0 Å². The summed E-state index contributed by atoms with van der Waals surface area (Å²) in [6.45, 7) is 5.77. The average Bonchev–Trinajstić information content (AvgIpc) is 2.99. The highest BCUT2D eigenvalue weighted by Gasteiger charge is 2.13. The first kappa shape index (κ1) is 35.2. The summed E-state index contributed by atoms with van der Waals surface area (Å²) in [6.07, 6.45) is 14.6. The third-order valence-corrected chi connectivity index (χ3v) is 6.87. The molecule has 0 saturated heterocycles. The van der Waals surface area contributed by atoms with Gasteiger partial charge in [0.15, 0.2) is 11.6 Å². The summed E-state index contributed by atoms with van der Waals surface area (Å²) in [7, 11) is -1.40. The van der Waals surface area contributed by atoms with Crippen molar-refractivity contribution in [2.75, 3.05) is 13.2 Å². The van der Waals surface area contributed by atoms with Gasteiger partial charge in [-0.25, -0.2) is 13.2 Å². The summed E-state index contributed by atoms with van der Waals surface area (Å²) in [5.41, 5.74) is 0.815. The Hall–Kier alpha value is -2.97. The number of ether oxygens (including phenoxy) is 2. The molecule has 0 aliphatic carbocycles. The molecule has 0 amide bonds. The molecule has 3 aromatic carbocycles. The van der Waals surface area contributed by atoms with Crippen LogP contribution in [0, 0.1) is 17.5 Å². The second-order valence-corrected chi connectivity index (χ2v) is 10.4. The minimum atomic E-state index is -1.40. The minimum absolute atomic E-state index is 0.0880. The Morgan fingerprint density at radius 3 is 1.52 bits per heavy atom. The van der Waals surface area contributed by atoms with Crippen LogP contribution in [-0.2, 0) is 0 Å². The minimum Gasteiger partial charge on any atom is -0.494 e. The van der Waals surface area contributed by atoms with Crippen LogP contribution in [0.15, 0.2) is 60.7 Å². The molecule has 0 fully saturated rings. The number of benzene rings is 3. The zero-order chi connectivity index (χ0) is 30.6. The SMILES string of the molecule is CCCCCCCCOc1ccc(-c2cc(F)cc(F)c2F)cc1.CCCCCCCCOc1ccc(B(O)O)cc1. The van der Waals surface area contributed by atoms with E-state index < -0.39 is 24.6 Å². The number of hydrogen-bond acceptors (Lipinski definition) is 4. The van der Waals surface area contributed by atoms with E-state index in [2.05, 4.69) is 13.8 Å². The fourth-order valence-electron chi connectivity index (χ4n) is 4.38. The molecule has 0 unspecified atom stereocenters. The third kappa shape index (κ3) is 13.8. The van der Waals surface area contributed by atoms with Crippen molar-refractivity contribution in [3.63, 3.8) is 0 Å². The Kier molecular flexibility index (Phi) is 17.5. The molecule has 230 valence electrons. The predicted molar refractivity (Wildman–Crippen MR) is 166 cm³/mol. The first-order valence-electron chi connectivity index (χ1n) is 15.3. The molecule has 0 spiro atoms. The average molecular weight is 587 g/mol. The van der Waals surface area contributed by atoms with Crippen LogP contribution in [0.4, 0.5) is 13.2 Å². The molecular formula is C34H46BF3O4. The lowest BCUT2D eigenvalue weighted by atomic mass is 9.80. The molecular weight excluding hydrogens is 540 g/mol. The first-order valence-corrected chi connectivity index (χ1v) is 15.3. The summed E-state index contributed by atoms with van der Waals surface area (Å²) < 4.78 is 51.5. The van der Waals surface area contributed by atoms with E-state index in [4.69, 9.17) is 19.5 Å². The predicted octanol–water partition coefficient (Wildman–Crippen LogP) is 8.62. The van der Waals surface area contributed by atoms with Crippen LogP contribution in [0.1, 0.15) is 90.9 Å². The van der Waals surface area contributed by atoms with E-state index >= 15 is 0 Å².